The third-order valence-electron chi connectivity index (χ3n) is 1.84. The first-order chi connectivity index (χ1) is 5.86. The number of hydrogen-bond acceptors (Lipinski definition) is 1. The number of pyridine rings is 1. The van der Waals surface area contributed by atoms with Gasteiger partial charge in [-0.1, -0.05) is 13.3 Å². The van der Waals surface area contributed by atoms with E-state index in [2.05, 4.69) is 17.7 Å². The van der Waals surface area contributed by atoms with E-state index in [9.17, 15) is 0 Å². The molecule has 0 saturated carbocycles. The molecule has 2 nitrogen and oxygen atoms in total. The molecule has 0 aliphatic heterocycles. The van der Waals surface area contributed by atoms with E-state index in [4.69, 9.17) is 4.74 Å². The average molecular weight is 166 g/mol. The highest BCUT2D eigenvalue weighted by Crippen LogP contribution is 2.03. The molecule has 66 valence electrons. The number of unbranched alkanes of at least 4 members (excludes halogenated alkanes) is 1. The lowest BCUT2D eigenvalue weighted by molar-refractivity contribution is -0.697. The second-order valence-corrected chi connectivity index (χ2v) is 2.84. The molecule has 0 aliphatic carbocycles. The highest BCUT2D eigenvalue weighted by molar-refractivity contribution is 5.11. The Morgan fingerprint density at radius 2 is 2.33 bits per heavy atom. The van der Waals surface area contributed by atoms with Gasteiger partial charge in [0.1, 0.15) is 6.54 Å². The van der Waals surface area contributed by atoms with E-state index in [0.717, 1.165) is 12.3 Å². The van der Waals surface area contributed by atoms with Crippen LogP contribution < -0.4 is 9.30 Å². The van der Waals surface area contributed by atoms with E-state index < -0.39 is 0 Å². The van der Waals surface area contributed by atoms with Gasteiger partial charge in [0.15, 0.2) is 11.9 Å². The summed E-state index contributed by atoms with van der Waals surface area (Å²) in [4.78, 5) is 0. The van der Waals surface area contributed by atoms with Crippen molar-refractivity contribution < 1.29 is 9.30 Å². The van der Waals surface area contributed by atoms with Gasteiger partial charge in [-0.3, -0.25) is 0 Å². The van der Waals surface area contributed by atoms with Gasteiger partial charge in [0.25, 0.3) is 0 Å². The summed E-state index contributed by atoms with van der Waals surface area (Å²) >= 11 is 0. The van der Waals surface area contributed by atoms with Crippen LogP contribution in [0.15, 0.2) is 24.5 Å². The number of rotatable bonds is 4. The fourth-order valence-electron chi connectivity index (χ4n) is 1.10. The van der Waals surface area contributed by atoms with Crippen LogP contribution in [-0.4, -0.2) is 7.11 Å². The predicted molar refractivity (Wildman–Crippen MR) is 48.1 cm³/mol. The Bertz CT molecular complexity index is 235. The molecule has 0 radical (unpaired) electrons. The van der Waals surface area contributed by atoms with Crippen LogP contribution in [0.25, 0.3) is 0 Å². The SMILES string of the molecule is CCCC[n+]1cccc(OC)c1. The lowest BCUT2D eigenvalue weighted by atomic mass is 10.3. The first-order valence-electron chi connectivity index (χ1n) is 4.40. The number of hydrogen-bond donors (Lipinski definition) is 0. The summed E-state index contributed by atoms with van der Waals surface area (Å²) in [7, 11) is 1.69. The Balaban J connectivity index is 2.60. The molecule has 1 aromatic rings. The smallest absolute Gasteiger partial charge is 0.211 e. The van der Waals surface area contributed by atoms with Gasteiger partial charge in [-0.25, -0.2) is 4.57 Å². The van der Waals surface area contributed by atoms with Gasteiger partial charge in [0.05, 0.1) is 7.11 Å². The third kappa shape index (κ3) is 2.53. The van der Waals surface area contributed by atoms with Crippen molar-refractivity contribution in [1.82, 2.24) is 0 Å². The molecular formula is C10H16NO+. The fraction of sp³-hybridized carbons (Fsp3) is 0.500. The quantitative estimate of drug-likeness (QED) is 0.621. The summed E-state index contributed by atoms with van der Waals surface area (Å²) in [5.74, 6) is 0.925. The largest absolute Gasteiger partial charge is 0.491 e. The summed E-state index contributed by atoms with van der Waals surface area (Å²) in [6.45, 7) is 3.27. The minimum atomic E-state index is 0.925. The number of nitrogens with zero attached hydrogens (tertiary/aromatic N) is 1. The molecule has 0 N–H and O–H groups in total. The minimum absolute atomic E-state index is 0.925. The van der Waals surface area contributed by atoms with Crippen molar-refractivity contribution in [2.75, 3.05) is 7.11 Å². The number of aromatic nitrogens is 1. The van der Waals surface area contributed by atoms with E-state index >= 15 is 0 Å². The van der Waals surface area contributed by atoms with Gasteiger partial charge in [0.2, 0.25) is 6.20 Å². The Hall–Kier alpha value is -1.05. The minimum Gasteiger partial charge on any atom is -0.491 e. The van der Waals surface area contributed by atoms with E-state index in [1.54, 1.807) is 7.11 Å². The molecular weight excluding hydrogens is 150 g/mol. The van der Waals surface area contributed by atoms with Crippen molar-refractivity contribution in [3.8, 4) is 5.75 Å². The van der Waals surface area contributed by atoms with Crippen LogP contribution in [0, 0.1) is 0 Å². The van der Waals surface area contributed by atoms with Crippen LogP contribution in [0.2, 0.25) is 0 Å². The van der Waals surface area contributed by atoms with Gasteiger partial charge < -0.3 is 4.74 Å². The van der Waals surface area contributed by atoms with Gasteiger partial charge in [-0.2, -0.15) is 0 Å². The molecule has 0 fully saturated rings. The lowest BCUT2D eigenvalue weighted by Crippen LogP contribution is -2.32. The van der Waals surface area contributed by atoms with Gasteiger partial charge in [-0.05, 0) is 6.07 Å². The Morgan fingerprint density at radius 3 is 3.00 bits per heavy atom. The van der Waals surface area contributed by atoms with Crippen LogP contribution in [0.4, 0.5) is 0 Å². The summed E-state index contributed by atoms with van der Waals surface area (Å²) in [6, 6.07) is 3.97. The first-order valence-corrected chi connectivity index (χ1v) is 4.40. The van der Waals surface area contributed by atoms with Crippen LogP contribution in [0.5, 0.6) is 5.75 Å². The molecule has 0 aromatic carbocycles. The van der Waals surface area contributed by atoms with Crippen LogP contribution in [-0.2, 0) is 6.54 Å². The fourth-order valence-corrected chi connectivity index (χ4v) is 1.10. The van der Waals surface area contributed by atoms with Crippen LogP contribution >= 0.6 is 0 Å². The van der Waals surface area contributed by atoms with Crippen molar-refractivity contribution >= 4 is 0 Å². The Morgan fingerprint density at radius 1 is 1.50 bits per heavy atom. The molecule has 0 spiro atoms. The Kier molecular flexibility index (Phi) is 3.58. The summed E-state index contributed by atoms with van der Waals surface area (Å²) in [5, 5.41) is 0. The van der Waals surface area contributed by atoms with Crippen LogP contribution in [0.3, 0.4) is 0 Å². The standard InChI is InChI=1S/C10H16NO/c1-3-4-7-11-8-5-6-10(9-11)12-2/h5-6,8-9H,3-4,7H2,1-2H3/q+1. The molecule has 0 amide bonds. The summed E-state index contributed by atoms with van der Waals surface area (Å²) < 4.78 is 7.27. The molecule has 0 bridgehead atoms. The van der Waals surface area contributed by atoms with E-state index in [1.165, 1.54) is 12.8 Å². The van der Waals surface area contributed by atoms with E-state index in [0.29, 0.717) is 0 Å². The summed E-state index contributed by atoms with van der Waals surface area (Å²) in [5.41, 5.74) is 0. The third-order valence-corrected chi connectivity index (χ3v) is 1.84. The maximum Gasteiger partial charge on any atom is 0.211 e. The second kappa shape index (κ2) is 4.75. The monoisotopic (exact) mass is 166 g/mol. The molecule has 0 aliphatic rings. The zero-order valence-corrected chi connectivity index (χ0v) is 7.79. The molecule has 0 atom stereocenters. The number of aryl methyl sites for hydroxylation is 1. The van der Waals surface area contributed by atoms with Crippen molar-refractivity contribution in [1.29, 1.82) is 0 Å². The highest BCUT2D eigenvalue weighted by atomic mass is 16.5. The molecule has 0 unspecified atom stereocenters. The Labute approximate surface area is 73.8 Å². The molecule has 1 rings (SSSR count). The molecule has 0 saturated heterocycles. The molecule has 1 aromatic heterocycles. The maximum atomic E-state index is 5.11. The zero-order chi connectivity index (χ0) is 8.81. The normalized spacial score (nSPS) is 9.83. The van der Waals surface area contributed by atoms with Crippen molar-refractivity contribution in [3.05, 3.63) is 24.5 Å². The van der Waals surface area contributed by atoms with Crippen molar-refractivity contribution in [3.63, 3.8) is 0 Å². The number of methoxy groups -OCH3 is 1. The van der Waals surface area contributed by atoms with Gasteiger partial charge in [-0.15, -0.1) is 0 Å². The summed E-state index contributed by atoms with van der Waals surface area (Å²) in [6.07, 6.45) is 6.54. The van der Waals surface area contributed by atoms with Crippen molar-refractivity contribution in [2.45, 2.75) is 26.3 Å². The zero-order valence-electron chi connectivity index (χ0n) is 7.79. The number of ether oxygens (including phenoxy) is 1. The van der Waals surface area contributed by atoms with E-state index in [-0.39, 0.29) is 0 Å². The molecule has 12 heavy (non-hydrogen) atoms. The first kappa shape index (κ1) is 9.04. The predicted octanol–water partition coefficient (Wildman–Crippen LogP) is 1.78. The van der Waals surface area contributed by atoms with Gasteiger partial charge in [0, 0.05) is 12.5 Å². The van der Waals surface area contributed by atoms with E-state index in [1.807, 2.05) is 18.3 Å². The topological polar surface area (TPSA) is 13.1 Å². The molecule has 1 heterocycles. The second-order valence-electron chi connectivity index (χ2n) is 2.84. The molecule has 2 heteroatoms. The average Bonchev–Trinajstić information content (AvgIpc) is 2.15. The lowest BCUT2D eigenvalue weighted by Gasteiger charge is -1.98. The maximum absolute atomic E-state index is 5.11. The van der Waals surface area contributed by atoms with Gasteiger partial charge >= 0.3 is 0 Å². The van der Waals surface area contributed by atoms with Crippen molar-refractivity contribution in [2.24, 2.45) is 0 Å². The van der Waals surface area contributed by atoms with Crippen LogP contribution in [0.1, 0.15) is 19.8 Å². The highest BCUT2D eigenvalue weighted by Gasteiger charge is 2.00.